The number of nitrogens with zero attached hydrogens (tertiary/aromatic N) is 2. The Bertz CT molecular complexity index is 916. The minimum atomic E-state index is -0.564. The number of aromatic hydroxyl groups is 1. The van der Waals surface area contributed by atoms with Gasteiger partial charge in [0, 0.05) is 29.0 Å². The minimum Gasteiger partial charge on any atom is -0.506 e. The van der Waals surface area contributed by atoms with Gasteiger partial charge in [0.05, 0.1) is 5.02 Å². The van der Waals surface area contributed by atoms with E-state index in [1.807, 2.05) is 13.8 Å². The van der Waals surface area contributed by atoms with Crippen LogP contribution in [0.3, 0.4) is 0 Å². The molecular formula is C15H13ClN2O5. The van der Waals surface area contributed by atoms with Gasteiger partial charge in [-0.3, -0.25) is 4.52 Å². The van der Waals surface area contributed by atoms with Crippen molar-refractivity contribution in [2.45, 2.75) is 26.4 Å². The highest BCUT2D eigenvalue weighted by Gasteiger charge is 2.13. The molecule has 0 aliphatic heterocycles. The Balaban J connectivity index is 1.92. The summed E-state index contributed by atoms with van der Waals surface area (Å²) in [5.74, 6) is 0.478. The SMILES string of the molecule is CC(C)c1noc(OCc2cc(=O)oc3cc(O)c(Cl)cc23)n1. The Morgan fingerprint density at radius 1 is 1.35 bits per heavy atom. The topological polar surface area (TPSA) is 98.6 Å². The highest BCUT2D eigenvalue weighted by Crippen LogP contribution is 2.30. The molecule has 0 saturated heterocycles. The van der Waals surface area contributed by atoms with Gasteiger partial charge < -0.3 is 14.3 Å². The highest BCUT2D eigenvalue weighted by molar-refractivity contribution is 6.32. The largest absolute Gasteiger partial charge is 0.506 e. The van der Waals surface area contributed by atoms with Gasteiger partial charge in [0.1, 0.15) is 17.9 Å². The van der Waals surface area contributed by atoms with E-state index in [1.54, 1.807) is 0 Å². The summed E-state index contributed by atoms with van der Waals surface area (Å²) in [6.07, 6.45) is 0.0139. The van der Waals surface area contributed by atoms with Crippen LogP contribution in [0.2, 0.25) is 5.02 Å². The predicted octanol–water partition coefficient (Wildman–Crippen LogP) is 3.24. The van der Waals surface area contributed by atoms with Gasteiger partial charge in [-0.2, -0.15) is 4.98 Å². The van der Waals surface area contributed by atoms with Crippen molar-refractivity contribution in [2.24, 2.45) is 0 Å². The van der Waals surface area contributed by atoms with Gasteiger partial charge in [-0.1, -0.05) is 30.6 Å². The van der Waals surface area contributed by atoms with E-state index >= 15 is 0 Å². The van der Waals surface area contributed by atoms with Crippen LogP contribution in [0.15, 0.2) is 31.9 Å². The van der Waals surface area contributed by atoms with Gasteiger partial charge >= 0.3 is 11.7 Å². The molecule has 7 nitrogen and oxygen atoms in total. The second kappa shape index (κ2) is 5.92. The third-order valence-corrected chi connectivity index (χ3v) is 3.49. The number of fused-ring (bicyclic) bond motifs is 1. The molecule has 120 valence electrons. The number of aromatic nitrogens is 2. The van der Waals surface area contributed by atoms with Crippen molar-refractivity contribution < 1.29 is 18.8 Å². The van der Waals surface area contributed by atoms with Crippen molar-refractivity contribution in [3.05, 3.63) is 45.0 Å². The number of halogens is 1. The van der Waals surface area contributed by atoms with Crippen LogP contribution in [0.4, 0.5) is 0 Å². The standard InChI is InChI=1S/C15H13ClN2O5/c1-7(2)14-17-15(23-18-14)21-6-8-3-13(20)22-12-5-11(19)10(16)4-9(8)12/h3-5,7,19H,6H2,1-2H3. The first-order valence-corrected chi connectivity index (χ1v) is 7.23. The fourth-order valence-corrected chi connectivity index (χ4v) is 2.17. The van der Waals surface area contributed by atoms with Crippen LogP contribution in [0.1, 0.15) is 31.2 Å². The van der Waals surface area contributed by atoms with E-state index in [-0.39, 0.29) is 35.0 Å². The van der Waals surface area contributed by atoms with Gasteiger partial charge in [0.15, 0.2) is 5.82 Å². The van der Waals surface area contributed by atoms with E-state index in [4.69, 9.17) is 25.3 Å². The minimum absolute atomic E-state index is 0.0139. The molecule has 0 radical (unpaired) electrons. The van der Waals surface area contributed by atoms with Crippen LogP contribution in [0, 0.1) is 0 Å². The molecule has 3 aromatic rings. The molecule has 23 heavy (non-hydrogen) atoms. The van der Waals surface area contributed by atoms with Gasteiger partial charge in [-0.25, -0.2) is 4.79 Å². The Kier molecular flexibility index (Phi) is 3.96. The van der Waals surface area contributed by atoms with Crippen molar-refractivity contribution in [3.8, 4) is 11.8 Å². The fraction of sp³-hybridized carbons (Fsp3) is 0.267. The molecule has 0 fully saturated rings. The molecule has 0 aliphatic rings. The summed E-state index contributed by atoms with van der Waals surface area (Å²) in [5, 5.41) is 14.1. The van der Waals surface area contributed by atoms with E-state index in [2.05, 4.69) is 10.1 Å². The third-order valence-electron chi connectivity index (χ3n) is 3.19. The number of phenolic OH excluding ortho intramolecular Hbond substituents is 1. The van der Waals surface area contributed by atoms with Crippen LogP contribution in [0.25, 0.3) is 11.0 Å². The highest BCUT2D eigenvalue weighted by atomic mass is 35.5. The molecule has 1 aromatic carbocycles. The Labute approximate surface area is 135 Å². The maximum Gasteiger partial charge on any atom is 0.417 e. The number of benzene rings is 1. The number of rotatable bonds is 4. The molecule has 0 unspecified atom stereocenters. The van der Waals surface area contributed by atoms with E-state index in [9.17, 15) is 9.90 Å². The number of hydrogen-bond donors (Lipinski definition) is 1. The molecule has 2 aromatic heterocycles. The fourth-order valence-electron chi connectivity index (χ4n) is 2.01. The van der Waals surface area contributed by atoms with E-state index in [0.717, 1.165) is 0 Å². The number of phenols is 1. The van der Waals surface area contributed by atoms with E-state index in [0.29, 0.717) is 16.8 Å². The summed E-state index contributed by atoms with van der Waals surface area (Å²) in [7, 11) is 0. The molecule has 0 saturated carbocycles. The summed E-state index contributed by atoms with van der Waals surface area (Å²) in [6.45, 7) is 3.88. The van der Waals surface area contributed by atoms with Crippen LogP contribution < -0.4 is 10.4 Å². The smallest absolute Gasteiger partial charge is 0.417 e. The molecule has 0 aliphatic carbocycles. The zero-order chi connectivity index (χ0) is 16.6. The van der Waals surface area contributed by atoms with E-state index < -0.39 is 5.63 Å². The summed E-state index contributed by atoms with van der Waals surface area (Å²) in [5.41, 5.74) is 0.181. The maximum atomic E-state index is 11.6. The lowest BCUT2D eigenvalue weighted by Crippen LogP contribution is -2.04. The van der Waals surface area contributed by atoms with Crippen LogP contribution in [-0.4, -0.2) is 15.2 Å². The molecule has 0 spiro atoms. The molecule has 2 heterocycles. The maximum absolute atomic E-state index is 11.6. The van der Waals surface area contributed by atoms with Crippen LogP contribution in [0.5, 0.6) is 11.8 Å². The first-order valence-electron chi connectivity index (χ1n) is 6.85. The predicted molar refractivity (Wildman–Crippen MR) is 81.9 cm³/mol. The summed E-state index contributed by atoms with van der Waals surface area (Å²) in [6, 6.07) is 4.07. The summed E-state index contributed by atoms with van der Waals surface area (Å²) in [4.78, 5) is 15.7. The average Bonchev–Trinajstić information content (AvgIpc) is 2.96. The Hall–Kier alpha value is -2.54. The van der Waals surface area contributed by atoms with Crippen molar-refractivity contribution in [1.82, 2.24) is 10.1 Å². The molecule has 0 amide bonds. The number of hydrogen-bond acceptors (Lipinski definition) is 7. The van der Waals surface area contributed by atoms with Crippen LogP contribution in [-0.2, 0) is 6.61 Å². The lowest BCUT2D eigenvalue weighted by atomic mass is 10.1. The molecule has 1 N–H and O–H groups in total. The summed E-state index contributed by atoms with van der Waals surface area (Å²) >= 11 is 5.90. The molecule has 3 rings (SSSR count). The van der Waals surface area contributed by atoms with E-state index in [1.165, 1.54) is 18.2 Å². The van der Waals surface area contributed by atoms with Gasteiger partial charge in [0.25, 0.3) is 0 Å². The molecular weight excluding hydrogens is 324 g/mol. The lowest BCUT2D eigenvalue weighted by Gasteiger charge is -2.06. The van der Waals surface area contributed by atoms with Gasteiger partial charge in [-0.15, -0.1) is 0 Å². The van der Waals surface area contributed by atoms with Crippen LogP contribution >= 0.6 is 11.6 Å². The van der Waals surface area contributed by atoms with Crippen molar-refractivity contribution in [2.75, 3.05) is 0 Å². The zero-order valence-electron chi connectivity index (χ0n) is 12.4. The Morgan fingerprint density at radius 3 is 2.83 bits per heavy atom. The second-order valence-electron chi connectivity index (χ2n) is 5.25. The second-order valence-corrected chi connectivity index (χ2v) is 5.66. The first kappa shape index (κ1) is 15.4. The first-order chi connectivity index (χ1) is 10.9. The normalized spacial score (nSPS) is 11.3. The van der Waals surface area contributed by atoms with Gasteiger partial charge in [-0.05, 0) is 6.07 Å². The number of ether oxygens (including phenoxy) is 1. The van der Waals surface area contributed by atoms with Crippen molar-refractivity contribution >= 4 is 22.6 Å². The quantitative estimate of drug-likeness (QED) is 0.730. The zero-order valence-corrected chi connectivity index (χ0v) is 13.1. The summed E-state index contributed by atoms with van der Waals surface area (Å²) < 4.78 is 15.5. The molecule has 0 bridgehead atoms. The lowest BCUT2D eigenvalue weighted by molar-refractivity contribution is 0.195. The molecule has 8 heteroatoms. The third kappa shape index (κ3) is 3.14. The molecule has 0 atom stereocenters. The Morgan fingerprint density at radius 2 is 2.13 bits per heavy atom. The van der Waals surface area contributed by atoms with Crippen molar-refractivity contribution in [3.63, 3.8) is 0 Å². The monoisotopic (exact) mass is 336 g/mol. The average molecular weight is 337 g/mol. The van der Waals surface area contributed by atoms with Gasteiger partial charge in [0.2, 0.25) is 0 Å². The van der Waals surface area contributed by atoms with Crippen molar-refractivity contribution in [1.29, 1.82) is 0 Å².